The lowest BCUT2D eigenvalue weighted by molar-refractivity contribution is 0.0971. The van der Waals surface area contributed by atoms with Crippen LogP contribution in [0.2, 0.25) is 0 Å². The van der Waals surface area contributed by atoms with E-state index >= 15 is 0 Å². The Hall–Kier alpha value is -3.13. The van der Waals surface area contributed by atoms with Gasteiger partial charge >= 0.3 is 0 Å². The highest BCUT2D eigenvalue weighted by Gasteiger charge is 2.26. The van der Waals surface area contributed by atoms with Gasteiger partial charge in [-0.05, 0) is 67.6 Å². The molecule has 1 heterocycles. The summed E-state index contributed by atoms with van der Waals surface area (Å²) < 4.78 is 29.4. The predicted octanol–water partition coefficient (Wildman–Crippen LogP) is 3.91. The van der Waals surface area contributed by atoms with Crippen LogP contribution in [0.15, 0.2) is 53.4 Å². The van der Waals surface area contributed by atoms with E-state index in [1.165, 1.54) is 18.2 Å². The second kappa shape index (κ2) is 8.78. The van der Waals surface area contributed by atoms with Crippen molar-refractivity contribution in [3.05, 3.63) is 76.6 Å². The number of nitrogens with one attached hydrogen (secondary N) is 1. The molecule has 1 fully saturated rings. The first kappa shape index (κ1) is 22.1. The summed E-state index contributed by atoms with van der Waals surface area (Å²) in [4.78, 5) is 13.1. The van der Waals surface area contributed by atoms with Crippen LogP contribution in [0.1, 0.15) is 64.5 Å². The number of carbonyl (C=O) groups is 1. The largest absolute Gasteiger partial charge is 0.399 e. The predicted molar refractivity (Wildman–Crippen MR) is 124 cm³/mol. The number of hydrogen-bond donors (Lipinski definition) is 2. The molecule has 32 heavy (non-hydrogen) atoms. The zero-order valence-corrected chi connectivity index (χ0v) is 19.2. The van der Waals surface area contributed by atoms with E-state index in [9.17, 15) is 13.2 Å². The van der Waals surface area contributed by atoms with Gasteiger partial charge in [0.25, 0.3) is 15.9 Å². The molecule has 0 bridgehead atoms. The summed E-state index contributed by atoms with van der Waals surface area (Å²) in [6.45, 7) is 4.44. The van der Waals surface area contributed by atoms with Gasteiger partial charge < -0.3 is 5.73 Å². The number of aryl methyl sites for hydroxylation is 2. The van der Waals surface area contributed by atoms with Gasteiger partial charge in [-0.25, -0.2) is 13.1 Å². The van der Waals surface area contributed by atoms with Crippen LogP contribution in [-0.2, 0) is 16.6 Å². The van der Waals surface area contributed by atoms with Crippen molar-refractivity contribution in [2.75, 3.05) is 5.73 Å². The first-order valence-electron chi connectivity index (χ1n) is 10.8. The molecule has 3 N–H and O–H groups in total. The summed E-state index contributed by atoms with van der Waals surface area (Å²) in [6, 6.07) is 13.6. The lowest BCUT2D eigenvalue weighted by Gasteiger charge is -2.13. The van der Waals surface area contributed by atoms with Crippen LogP contribution in [0.25, 0.3) is 0 Å². The van der Waals surface area contributed by atoms with Crippen LogP contribution in [0.4, 0.5) is 5.69 Å². The average molecular weight is 453 g/mol. The van der Waals surface area contributed by atoms with Crippen molar-refractivity contribution in [1.82, 2.24) is 14.5 Å². The minimum atomic E-state index is -4.07. The van der Waals surface area contributed by atoms with E-state index in [1.807, 2.05) is 32.0 Å². The van der Waals surface area contributed by atoms with Gasteiger partial charge in [-0.1, -0.05) is 37.1 Å². The van der Waals surface area contributed by atoms with E-state index in [-0.39, 0.29) is 10.6 Å². The molecule has 7 nitrogen and oxygen atoms in total. The number of hydrogen-bond acceptors (Lipinski definition) is 5. The van der Waals surface area contributed by atoms with Crippen LogP contribution >= 0.6 is 0 Å². The van der Waals surface area contributed by atoms with E-state index in [4.69, 9.17) is 10.8 Å². The van der Waals surface area contributed by atoms with E-state index in [0.29, 0.717) is 18.2 Å². The number of amides is 1. The topological polar surface area (TPSA) is 107 Å². The molecule has 2 aromatic carbocycles. The highest BCUT2D eigenvalue weighted by molar-refractivity contribution is 7.90. The summed E-state index contributed by atoms with van der Waals surface area (Å²) in [5.74, 6) is -0.401. The van der Waals surface area contributed by atoms with Crippen LogP contribution in [0.5, 0.6) is 0 Å². The Bertz CT molecular complexity index is 1240. The molecule has 1 amide bonds. The average Bonchev–Trinajstić information content (AvgIpc) is 3.40. The molecule has 0 aliphatic heterocycles. The SMILES string of the molecule is Cc1cccc(C)c1Cn1nc(C2CCCC2)cc1C(=O)NS(=O)(=O)c1cccc(N)c1. The Kier molecular flexibility index (Phi) is 6.06. The van der Waals surface area contributed by atoms with Crippen molar-refractivity contribution in [2.45, 2.75) is 56.9 Å². The second-order valence-electron chi connectivity index (χ2n) is 8.47. The van der Waals surface area contributed by atoms with Crippen LogP contribution in [0, 0.1) is 13.8 Å². The molecule has 3 aromatic rings. The molecule has 8 heteroatoms. The Morgan fingerprint density at radius 2 is 1.75 bits per heavy atom. The van der Waals surface area contributed by atoms with Gasteiger partial charge in [0.1, 0.15) is 5.69 Å². The Morgan fingerprint density at radius 3 is 2.41 bits per heavy atom. The number of nitrogen functional groups attached to an aromatic ring is 1. The minimum absolute atomic E-state index is 0.0531. The van der Waals surface area contributed by atoms with Crippen LogP contribution in [0.3, 0.4) is 0 Å². The van der Waals surface area contributed by atoms with Gasteiger partial charge in [0.2, 0.25) is 0 Å². The normalized spacial score (nSPS) is 14.6. The molecule has 1 aromatic heterocycles. The number of benzene rings is 2. The monoisotopic (exact) mass is 452 g/mol. The summed E-state index contributed by atoms with van der Waals surface area (Å²) in [6.07, 6.45) is 4.34. The Morgan fingerprint density at radius 1 is 1.09 bits per heavy atom. The maximum absolute atomic E-state index is 13.1. The fourth-order valence-electron chi connectivity index (χ4n) is 4.32. The molecular weight excluding hydrogens is 424 g/mol. The Balaban J connectivity index is 1.69. The second-order valence-corrected chi connectivity index (χ2v) is 10.2. The molecule has 0 saturated heterocycles. The summed E-state index contributed by atoms with van der Waals surface area (Å²) in [5, 5.41) is 4.75. The van der Waals surface area contributed by atoms with Crippen molar-refractivity contribution < 1.29 is 13.2 Å². The van der Waals surface area contributed by atoms with Crippen LogP contribution < -0.4 is 10.5 Å². The van der Waals surface area contributed by atoms with Gasteiger partial charge in [0, 0.05) is 11.6 Å². The third kappa shape index (κ3) is 4.55. The summed E-state index contributed by atoms with van der Waals surface area (Å²) in [5.41, 5.74) is 10.4. The number of nitrogens with zero attached hydrogens (tertiary/aromatic N) is 2. The molecule has 1 saturated carbocycles. The van der Waals surface area contributed by atoms with Crippen molar-refractivity contribution >= 4 is 21.6 Å². The molecular formula is C24H28N4O3S. The molecule has 0 atom stereocenters. The maximum atomic E-state index is 13.1. The Labute approximate surface area is 188 Å². The van der Waals surface area contributed by atoms with Crippen LogP contribution in [-0.4, -0.2) is 24.1 Å². The fourth-order valence-corrected chi connectivity index (χ4v) is 5.34. The van der Waals surface area contributed by atoms with Crippen molar-refractivity contribution in [1.29, 1.82) is 0 Å². The third-order valence-electron chi connectivity index (χ3n) is 6.15. The number of aromatic nitrogens is 2. The van der Waals surface area contributed by atoms with Gasteiger partial charge in [0.05, 0.1) is 17.1 Å². The number of nitrogens with two attached hydrogens (primary N) is 1. The minimum Gasteiger partial charge on any atom is -0.399 e. The third-order valence-corrected chi connectivity index (χ3v) is 7.48. The molecule has 0 unspecified atom stereocenters. The van der Waals surface area contributed by atoms with Gasteiger partial charge in [-0.15, -0.1) is 0 Å². The summed E-state index contributed by atoms with van der Waals surface area (Å²) in [7, 11) is -4.07. The zero-order chi connectivity index (χ0) is 22.9. The van der Waals surface area contributed by atoms with E-state index in [1.54, 1.807) is 16.8 Å². The highest BCUT2D eigenvalue weighted by atomic mass is 32.2. The lowest BCUT2D eigenvalue weighted by atomic mass is 10.0. The number of anilines is 1. The quantitative estimate of drug-likeness (QED) is 0.552. The van der Waals surface area contributed by atoms with Crippen molar-refractivity contribution in [3.8, 4) is 0 Å². The molecule has 1 aliphatic carbocycles. The van der Waals surface area contributed by atoms with Gasteiger partial charge in [0.15, 0.2) is 0 Å². The number of rotatable bonds is 6. The van der Waals surface area contributed by atoms with E-state index < -0.39 is 15.9 Å². The van der Waals surface area contributed by atoms with Gasteiger partial charge in [-0.2, -0.15) is 5.10 Å². The molecule has 1 aliphatic rings. The van der Waals surface area contributed by atoms with Crippen molar-refractivity contribution in [3.63, 3.8) is 0 Å². The fraction of sp³-hybridized carbons (Fsp3) is 0.333. The highest BCUT2D eigenvalue weighted by Crippen LogP contribution is 2.34. The first-order valence-corrected chi connectivity index (χ1v) is 12.3. The molecule has 4 rings (SSSR count). The maximum Gasteiger partial charge on any atom is 0.283 e. The van der Waals surface area contributed by atoms with Gasteiger partial charge in [-0.3, -0.25) is 9.48 Å². The molecule has 0 radical (unpaired) electrons. The van der Waals surface area contributed by atoms with Crippen molar-refractivity contribution in [2.24, 2.45) is 0 Å². The zero-order valence-electron chi connectivity index (χ0n) is 18.3. The summed E-state index contributed by atoms with van der Waals surface area (Å²) >= 11 is 0. The lowest BCUT2D eigenvalue weighted by Crippen LogP contribution is -2.32. The first-order chi connectivity index (χ1) is 15.2. The smallest absolute Gasteiger partial charge is 0.283 e. The standard InChI is InChI=1S/C24H28N4O3S/c1-16-7-5-8-17(2)21(16)15-28-23(14-22(26-28)18-9-3-4-10-18)24(29)27-32(30,31)20-12-6-11-19(25)13-20/h5-8,11-14,18H,3-4,9-10,15,25H2,1-2H3,(H,27,29). The molecule has 0 spiro atoms. The van der Waals surface area contributed by atoms with E-state index in [2.05, 4.69) is 4.72 Å². The molecule has 168 valence electrons. The number of sulfonamides is 1. The number of carbonyl (C=O) groups excluding carboxylic acids is 1. The van der Waals surface area contributed by atoms with E-state index in [0.717, 1.165) is 48.1 Å².